The van der Waals surface area contributed by atoms with Gasteiger partial charge in [-0.1, -0.05) is 18.0 Å². The van der Waals surface area contributed by atoms with Gasteiger partial charge in [-0.05, 0) is 43.9 Å². The van der Waals surface area contributed by atoms with Crippen LogP contribution < -0.4 is 10.1 Å². The minimum Gasteiger partial charge on any atom is -0.492 e. The maximum absolute atomic E-state index is 13.0. The molecule has 1 aliphatic carbocycles. The average molecular weight is 359 g/mol. The van der Waals surface area contributed by atoms with Crippen LogP contribution in [-0.4, -0.2) is 45.0 Å². The number of ether oxygens (including phenoxy) is 1. The van der Waals surface area contributed by atoms with Gasteiger partial charge in [0.25, 0.3) is 0 Å². The van der Waals surface area contributed by atoms with E-state index in [1.54, 1.807) is 12.1 Å². The topological polar surface area (TPSA) is 58.6 Å². The Balaban J connectivity index is 1.85. The SMILES string of the molecule is CC1CN(S(=O)(=O)c2cc(Cl)ccc2OCC2CCC2)CCN1. The Labute approximate surface area is 143 Å². The van der Waals surface area contributed by atoms with Gasteiger partial charge in [0.05, 0.1) is 6.61 Å². The van der Waals surface area contributed by atoms with Crippen LogP contribution in [0.1, 0.15) is 26.2 Å². The second-order valence-electron chi connectivity index (χ2n) is 6.42. The minimum atomic E-state index is -3.60. The second-order valence-corrected chi connectivity index (χ2v) is 8.76. The lowest BCUT2D eigenvalue weighted by molar-refractivity contribution is 0.177. The number of benzene rings is 1. The van der Waals surface area contributed by atoms with E-state index in [1.165, 1.54) is 16.8 Å². The predicted molar refractivity (Wildman–Crippen MR) is 90.5 cm³/mol. The van der Waals surface area contributed by atoms with E-state index in [0.717, 1.165) is 12.8 Å². The standard InChI is InChI=1S/C16H23ClN2O3S/c1-12-10-19(8-7-18-12)23(20,21)16-9-14(17)5-6-15(16)22-11-13-3-2-4-13/h5-6,9,12-13,18H,2-4,7-8,10-11H2,1H3. The highest BCUT2D eigenvalue weighted by Crippen LogP contribution is 2.32. The molecule has 1 saturated carbocycles. The molecule has 23 heavy (non-hydrogen) atoms. The van der Waals surface area contributed by atoms with Crippen LogP contribution in [0.15, 0.2) is 23.1 Å². The van der Waals surface area contributed by atoms with E-state index in [4.69, 9.17) is 16.3 Å². The number of nitrogens with one attached hydrogen (secondary N) is 1. The monoisotopic (exact) mass is 358 g/mol. The molecule has 7 heteroatoms. The molecular weight excluding hydrogens is 336 g/mol. The van der Waals surface area contributed by atoms with Gasteiger partial charge in [0.2, 0.25) is 10.0 Å². The molecule has 0 radical (unpaired) electrons. The number of hydrogen-bond acceptors (Lipinski definition) is 4. The molecule has 0 spiro atoms. The summed E-state index contributed by atoms with van der Waals surface area (Å²) >= 11 is 6.04. The molecule has 3 rings (SSSR count). The highest BCUT2D eigenvalue weighted by Gasteiger charge is 2.31. The highest BCUT2D eigenvalue weighted by molar-refractivity contribution is 7.89. The zero-order chi connectivity index (χ0) is 16.4. The quantitative estimate of drug-likeness (QED) is 0.878. The predicted octanol–water partition coefficient (Wildman–Crippen LogP) is 2.50. The number of halogens is 1. The zero-order valence-electron chi connectivity index (χ0n) is 13.3. The van der Waals surface area contributed by atoms with Crippen molar-refractivity contribution in [2.45, 2.75) is 37.1 Å². The Bertz CT molecular complexity index is 661. The van der Waals surface area contributed by atoms with Crippen LogP contribution in [0, 0.1) is 5.92 Å². The maximum atomic E-state index is 13.0. The van der Waals surface area contributed by atoms with Gasteiger partial charge in [0.15, 0.2) is 0 Å². The molecule has 1 aliphatic heterocycles. The van der Waals surface area contributed by atoms with Gasteiger partial charge in [-0.2, -0.15) is 4.31 Å². The molecular formula is C16H23ClN2O3S. The van der Waals surface area contributed by atoms with Crippen LogP contribution in [0.25, 0.3) is 0 Å². The Morgan fingerprint density at radius 2 is 2.17 bits per heavy atom. The number of nitrogens with zero attached hydrogens (tertiary/aromatic N) is 1. The third-order valence-electron chi connectivity index (χ3n) is 4.55. The van der Waals surface area contributed by atoms with Crippen LogP contribution in [-0.2, 0) is 10.0 Å². The molecule has 0 bridgehead atoms. The van der Waals surface area contributed by atoms with Gasteiger partial charge in [-0.15, -0.1) is 0 Å². The van der Waals surface area contributed by atoms with E-state index in [-0.39, 0.29) is 10.9 Å². The van der Waals surface area contributed by atoms with Crippen molar-refractivity contribution in [1.29, 1.82) is 0 Å². The Kier molecular flexibility index (Phi) is 5.16. The van der Waals surface area contributed by atoms with Crippen molar-refractivity contribution in [2.24, 2.45) is 5.92 Å². The minimum absolute atomic E-state index is 0.136. The molecule has 1 heterocycles. The molecule has 0 amide bonds. The third kappa shape index (κ3) is 3.82. The fraction of sp³-hybridized carbons (Fsp3) is 0.625. The summed E-state index contributed by atoms with van der Waals surface area (Å²) in [5, 5.41) is 3.66. The van der Waals surface area contributed by atoms with E-state index < -0.39 is 10.0 Å². The van der Waals surface area contributed by atoms with Gasteiger partial charge in [0.1, 0.15) is 10.6 Å². The van der Waals surface area contributed by atoms with Gasteiger partial charge in [-0.25, -0.2) is 8.42 Å². The fourth-order valence-corrected chi connectivity index (χ4v) is 4.85. The first kappa shape index (κ1) is 17.0. The normalized spacial score (nSPS) is 23.5. The van der Waals surface area contributed by atoms with Gasteiger partial charge < -0.3 is 10.1 Å². The molecule has 5 nitrogen and oxygen atoms in total. The Hall–Kier alpha value is -0.820. The summed E-state index contributed by atoms with van der Waals surface area (Å²) in [5.41, 5.74) is 0. The summed E-state index contributed by atoms with van der Waals surface area (Å²) in [7, 11) is -3.60. The number of rotatable bonds is 5. The van der Waals surface area contributed by atoms with E-state index in [1.807, 2.05) is 6.92 Å². The molecule has 0 aromatic heterocycles. The third-order valence-corrected chi connectivity index (χ3v) is 6.68. The first-order valence-corrected chi connectivity index (χ1v) is 9.94. The molecule has 1 aromatic carbocycles. The van der Waals surface area contributed by atoms with Crippen molar-refractivity contribution in [3.05, 3.63) is 23.2 Å². The number of hydrogen-bond donors (Lipinski definition) is 1. The fourth-order valence-electron chi connectivity index (χ4n) is 2.92. The first-order chi connectivity index (χ1) is 11.0. The van der Waals surface area contributed by atoms with E-state index >= 15 is 0 Å². The van der Waals surface area contributed by atoms with Crippen LogP contribution in [0.2, 0.25) is 5.02 Å². The summed E-state index contributed by atoms with van der Waals surface area (Å²) in [6.45, 7) is 4.12. The summed E-state index contributed by atoms with van der Waals surface area (Å²) in [4.78, 5) is 0.179. The molecule has 2 fully saturated rings. The maximum Gasteiger partial charge on any atom is 0.246 e. The second kappa shape index (κ2) is 6.97. The molecule has 1 saturated heterocycles. The van der Waals surface area contributed by atoms with Crippen molar-refractivity contribution >= 4 is 21.6 Å². The molecule has 2 aliphatic rings. The number of sulfonamides is 1. The van der Waals surface area contributed by atoms with Crippen LogP contribution in [0.4, 0.5) is 0 Å². The van der Waals surface area contributed by atoms with Crippen molar-refractivity contribution in [1.82, 2.24) is 9.62 Å². The lowest BCUT2D eigenvalue weighted by atomic mass is 9.86. The average Bonchev–Trinajstić information content (AvgIpc) is 2.47. The highest BCUT2D eigenvalue weighted by atomic mass is 35.5. The summed E-state index contributed by atoms with van der Waals surface area (Å²) < 4.78 is 33.3. The van der Waals surface area contributed by atoms with Crippen molar-refractivity contribution in [3.8, 4) is 5.75 Å². The molecule has 1 unspecified atom stereocenters. The van der Waals surface area contributed by atoms with E-state index in [9.17, 15) is 8.42 Å². The molecule has 128 valence electrons. The van der Waals surface area contributed by atoms with Crippen LogP contribution >= 0.6 is 11.6 Å². The van der Waals surface area contributed by atoms with E-state index in [0.29, 0.717) is 42.9 Å². The lowest BCUT2D eigenvalue weighted by Crippen LogP contribution is -2.51. The molecule has 1 aromatic rings. The van der Waals surface area contributed by atoms with E-state index in [2.05, 4.69) is 5.32 Å². The summed E-state index contributed by atoms with van der Waals surface area (Å²) in [6.07, 6.45) is 3.55. The van der Waals surface area contributed by atoms with Crippen LogP contribution in [0.5, 0.6) is 5.75 Å². The Morgan fingerprint density at radius 3 is 2.83 bits per heavy atom. The van der Waals surface area contributed by atoms with Crippen molar-refractivity contribution in [2.75, 3.05) is 26.2 Å². The summed E-state index contributed by atoms with van der Waals surface area (Å²) in [6, 6.07) is 4.98. The number of piperazine rings is 1. The smallest absolute Gasteiger partial charge is 0.246 e. The lowest BCUT2D eigenvalue weighted by Gasteiger charge is -2.31. The van der Waals surface area contributed by atoms with Crippen molar-refractivity contribution in [3.63, 3.8) is 0 Å². The van der Waals surface area contributed by atoms with Gasteiger partial charge in [0, 0.05) is 30.7 Å². The van der Waals surface area contributed by atoms with Crippen molar-refractivity contribution < 1.29 is 13.2 Å². The molecule has 1 N–H and O–H groups in total. The van der Waals surface area contributed by atoms with Crippen LogP contribution in [0.3, 0.4) is 0 Å². The zero-order valence-corrected chi connectivity index (χ0v) is 14.9. The largest absolute Gasteiger partial charge is 0.492 e. The van der Waals surface area contributed by atoms with Gasteiger partial charge >= 0.3 is 0 Å². The summed E-state index contributed by atoms with van der Waals surface area (Å²) in [5.74, 6) is 0.952. The first-order valence-electron chi connectivity index (χ1n) is 8.12. The molecule has 1 atom stereocenters. The Morgan fingerprint density at radius 1 is 1.39 bits per heavy atom. The van der Waals surface area contributed by atoms with Gasteiger partial charge in [-0.3, -0.25) is 0 Å².